The van der Waals surface area contributed by atoms with Crippen LogP contribution in [0.1, 0.15) is 32.6 Å². The van der Waals surface area contributed by atoms with E-state index in [1.54, 1.807) is 12.1 Å². The second kappa shape index (κ2) is 7.09. The highest BCUT2D eigenvalue weighted by Crippen LogP contribution is 2.16. The molecule has 2 rings (SSSR count). The molecule has 1 aliphatic rings. The van der Waals surface area contributed by atoms with Crippen molar-refractivity contribution in [3.63, 3.8) is 0 Å². The molecule has 1 unspecified atom stereocenters. The van der Waals surface area contributed by atoms with Crippen LogP contribution in [0.5, 0.6) is 0 Å². The molecule has 0 bridgehead atoms. The standard InChI is InChI=1S/C15H24N2O2S/c1-2-11-20(18,19)15-8-6-13(7-9-15)17-12-14-5-3-4-10-16-14/h6-9,14,16-17H,2-5,10-12H2,1H3. The summed E-state index contributed by atoms with van der Waals surface area (Å²) in [5.74, 6) is 0.214. The van der Waals surface area contributed by atoms with E-state index in [4.69, 9.17) is 0 Å². The van der Waals surface area contributed by atoms with Crippen LogP contribution in [0.4, 0.5) is 5.69 Å². The lowest BCUT2D eigenvalue weighted by Crippen LogP contribution is -2.39. The molecular weight excluding hydrogens is 272 g/mol. The van der Waals surface area contributed by atoms with Crippen molar-refractivity contribution in [3.05, 3.63) is 24.3 Å². The van der Waals surface area contributed by atoms with Crippen LogP contribution in [-0.2, 0) is 9.84 Å². The summed E-state index contributed by atoms with van der Waals surface area (Å²) in [5.41, 5.74) is 0.979. The lowest BCUT2D eigenvalue weighted by Gasteiger charge is -2.24. The van der Waals surface area contributed by atoms with Gasteiger partial charge in [0.15, 0.2) is 9.84 Å². The summed E-state index contributed by atoms with van der Waals surface area (Å²) in [7, 11) is -3.10. The van der Waals surface area contributed by atoms with Gasteiger partial charge in [0.2, 0.25) is 0 Å². The van der Waals surface area contributed by atoms with Gasteiger partial charge >= 0.3 is 0 Å². The maximum Gasteiger partial charge on any atom is 0.178 e. The zero-order valence-electron chi connectivity index (χ0n) is 12.1. The van der Waals surface area contributed by atoms with Crippen molar-refractivity contribution in [1.82, 2.24) is 5.32 Å². The van der Waals surface area contributed by atoms with Crippen LogP contribution in [-0.4, -0.2) is 33.3 Å². The van der Waals surface area contributed by atoms with Gasteiger partial charge in [-0.15, -0.1) is 0 Å². The van der Waals surface area contributed by atoms with Gasteiger partial charge < -0.3 is 10.6 Å². The highest BCUT2D eigenvalue weighted by atomic mass is 32.2. The Kier molecular flexibility index (Phi) is 5.43. The van der Waals surface area contributed by atoms with Crippen LogP contribution in [0.2, 0.25) is 0 Å². The van der Waals surface area contributed by atoms with Gasteiger partial charge in [-0.05, 0) is 50.1 Å². The van der Waals surface area contributed by atoms with Crippen LogP contribution in [0.3, 0.4) is 0 Å². The quantitative estimate of drug-likeness (QED) is 0.846. The number of hydrogen-bond acceptors (Lipinski definition) is 4. The minimum atomic E-state index is -3.10. The van der Waals surface area contributed by atoms with Crippen molar-refractivity contribution in [2.45, 2.75) is 43.5 Å². The van der Waals surface area contributed by atoms with Crippen molar-refractivity contribution < 1.29 is 8.42 Å². The third-order valence-electron chi connectivity index (χ3n) is 3.65. The molecule has 0 spiro atoms. The zero-order chi connectivity index (χ0) is 14.4. The number of rotatable bonds is 6. The Morgan fingerprint density at radius 3 is 2.60 bits per heavy atom. The van der Waals surface area contributed by atoms with E-state index in [-0.39, 0.29) is 5.75 Å². The smallest absolute Gasteiger partial charge is 0.178 e. The van der Waals surface area contributed by atoms with E-state index in [1.807, 2.05) is 19.1 Å². The summed E-state index contributed by atoms with van der Waals surface area (Å²) in [5, 5.41) is 6.85. The Morgan fingerprint density at radius 2 is 2.00 bits per heavy atom. The van der Waals surface area contributed by atoms with Crippen molar-refractivity contribution in [1.29, 1.82) is 0 Å². The first kappa shape index (κ1) is 15.3. The molecule has 1 aliphatic heterocycles. The van der Waals surface area contributed by atoms with Crippen molar-refractivity contribution >= 4 is 15.5 Å². The Hall–Kier alpha value is -1.07. The van der Waals surface area contributed by atoms with Crippen LogP contribution in [0.15, 0.2) is 29.2 Å². The summed E-state index contributed by atoms with van der Waals surface area (Å²) >= 11 is 0. The highest BCUT2D eigenvalue weighted by molar-refractivity contribution is 7.91. The molecule has 1 heterocycles. The molecule has 0 radical (unpaired) electrons. The first-order chi connectivity index (χ1) is 9.62. The van der Waals surface area contributed by atoms with Crippen LogP contribution in [0.25, 0.3) is 0 Å². The van der Waals surface area contributed by atoms with Crippen LogP contribution < -0.4 is 10.6 Å². The number of anilines is 1. The largest absolute Gasteiger partial charge is 0.383 e. The van der Waals surface area contributed by atoms with Gasteiger partial charge in [-0.1, -0.05) is 13.3 Å². The zero-order valence-corrected chi connectivity index (χ0v) is 12.9. The third kappa shape index (κ3) is 4.21. The number of sulfone groups is 1. The fourth-order valence-electron chi connectivity index (χ4n) is 2.51. The average Bonchev–Trinajstić information content (AvgIpc) is 2.47. The van der Waals surface area contributed by atoms with E-state index in [0.29, 0.717) is 17.4 Å². The third-order valence-corrected chi connectivity index (χ3v) is 5.59. The molecule has 1 atom stereocenters. The number of nitrogens with one attached hydrogen (secondary N) is 2. The van der Waals surface area contributed by atoms with E-state index in [9.17, 15) is 8.42 Å². The lowest BCUT2D eigenvalue weighted by molar-refractivity contribution is 0.414. The summed E-state index contributed by atoms with van der Waals surface area (Å²) in [6.45, 7) is 3.87. The van der Waals surface area contributed by atoms with Gasteiger partial charge in [0.1, 0.15) is 0 Å². The van der Waals surface area contributed by atoms with E-state index in [1.165, 1.54) is 19.3 Å². The second-order valence-electron chi connectivity index (χ2n) is 5.37. The first-order valence-corrected chi connectivity index (χ1v) is 9.07. The van der Waals surface area contributed by atoms with Gasteiger partial charge in [0.05, 0.1) is 10.6 Å². The van der Waals surface area contributed by atoms with E-state index >= 15 is 0 Å². The first-order valence-electron chi connectivity index (χ1n) is 7.42. The molecule has 1 saturated heterocycles. The SMILES string of the molecule is CCCS(=O)(=O)c1ccc(NCC2CCCCN2)cc1. The predicted octanol–water partition coefficient (Wildman–Crippen LogP) is 2.42. The van der Waals surface area contributed by atoms with Crippen molar-refractivity contribution in [2.24, 2.45) is 0 Å². The molecule has 5 heteroatoms. The number of hydrogen-bond donors (Lipinski definition) is 2. The molecule has 1 fully saturated rings. The van der Waals surface area contributed by atoms with E-state index in [0.717, 1.165) is 18.8 Å². The fraction of sp³-hybridized carbons (Fsp3) is 0.600. The molecular formula is C15H24N2O2S. The Bertz CT molecular complexity index is 505. The molecule has 112 valence electrons. The molecule has 4 nitrogen and oxygen atoms in total. The second-order valence-corrected chi connectivity index (χ2v) is 7.48. The summed E-state index contributed by atoms with van der Waals surface area (Å²) < 4.78 is 23.8. The lowest BCUT2D eigenvalue weighted by atomic mass is 10.1. The molecule has 0 amide bonds. The minimum absolute atomic E-state index is 0.214. The van der Waals surface area contributed by atoms with E-state index < -0.39 is 9.84 Å². The Balaban J connectivity index is 1.91. The number of piperidine rings is 1. The minimum Gasteiger partial charge on any atom is -0.383 e. The van der Waals surface area contributed by atoms with Gasteiger partial charge in [0.25, 0.3) is 0 Å². The van der Waals surface area contributed by atoms with Crippen molar-refractivity contribution in [3.8, 4) is 0 Å². The maximum absolute atomic E-state index is 11.9. The van der Waals surface area contributed by atoms with Crippen molar-refractivity contribution in [2.75, 3.05) is 24.2 Å². The Labute approximate surface area is 121 Å². The molecule has 0 aromatic heterocycles. The monoisotopic (exact) mass is 296 g/mol. The number of benzene rings is 1. The van der Waals surface area contributed by atoms with Gasteiger partial charge in [0, 0.05) is 18.3 Å². The summed E-state index contributed by atoms with van der Waals surface area (Å²) in [4.78, 5) is 0.417. The van der Waals surface area contributed by atoms with Gasteiger partial charge in [-0.3, -0.25) is 0 Å². The van der Waals surface area contributed by atoms with Gasteiger partial charge in [-0.2, -0.15) is 0 Å². The van der Waals surface area contributed by atoms with Crippen LogP contribution in [0, 0.1) is 0 Å². The fourth-order valence-corrected chi connectivity index (χ4v) is 3.83. The predicted molar refractivity (Wildman–Crippen MR) is 82.9 cm³/mol. The molecule has 2 N–H and O–H groups in total. The highest BCUT2D eigenvalue weighted by Gasteiger charge is 2.14. The van der Waals surface area contributed by atoms with Gasteiger partial charge in [-0.25, -0.2) is 8.42 Å². The summed E-state index contributed by atoms with van der Waals surface area (Å²) in [6, 6.07) is 7.62. The summed E-state index contributed by atoms with van der Waals surface area (Å²) in [6.07, 6.45) is 4.40. The average molecular weight is 296 g/mol. The topological polar surface area (TPSA) is 58.2 Å². The molecule has 1 aromatic carbocycles. The van der Waals surface area contributed by atoms with E-state index in [2.05, 4.69) is 10.6 Å². The molecule has 20 heavy (non-hydrogen) atoms. The normalized spacial score (nSPS) is 19.8. The molecule has 1 aromatic rings. The maximum atomic E-state index is 11.9. The molecule has 0 saturated carbocycles. The van der Waals surface area contributed by atoms with Crippen LogP contribution >= 0.6 is 0 Å². The molecule has 0 aliphatic carbocycles. The Morgan fingerprint density at radius 1 is 1.25 bits per heavy atom.